The van der Waals surface area contributed by atoms with Gasteiger partial charge in [0.15, 0.2) is 0 Å². The minimum absolute atomic E-state index is 0.145. The fourth-order valence-electron chi connectivity index (χ4n) is 0.830. The number of hydrogen-bond acceptors (Lipinski definition) is 2. The van der Waals surface area contributed by atoms with E-state index >= 15 is 0 Å². The molecule has 1 N–H and O–H groups in total. The van der Waals surface area contributed by atoms with Gasteiger partial charge < -0.3 is 9.84 Å². The average molecular weight is 132 g/mol. The van der Waals surface area contributed by atoms with Crippen molar-refractivity contribution in [3.63, 3.8) is 0 Å². The van der Waals surface area contributed by atoms with Gasteiger partial charge in [-0.15, -0.1) is 0 Å². The van der Waals surface area contributed by atoms with Gasteiger partial charge in [0.25, 0.3) is 0 Å². The highest BCUT2D eigenvalue weighted by Gasteiger charge is 1.98. The summed E-state index contributed by atoms with van der Waals surface area (Å²) in [6, 6.07) is 0. The number of hydrogen-bond donors (Lipinski definition) is 1. The highest BCUT2D eigenvalue weighted by molar-refractivity contribution is 4.47. The Morgan fingerprint density at radius 1 is 1.56 bits per heavy atom. The van der Waals surface area contributed by atoms with Gasteiger partial charge in [0.05, 0.1) is 6.61 Å². The molecule has 0 spiro atoms. The van der Waals surface area contributed by atoms with Crippen LogP contribution >= 0.6 is 0 Å². The molecule has 1 atom stereocenters. The van der Waals surface area contributed by atoms with Gasteiger partial charge >= 0.3 is 0 Å². The standard InChI is InChI=1S/C7H16O2/c1-3-4-7(2)5-9-6-8/h7-8H,3-6H2,1-2H3/t7-/m0/s1. The van der Waals surface area contributed by atoms with Crippen LogP contribution in [-0.2, 0) is 4.74 Å². The minimum Gasteiger partial charge on any atom is -0.371 e. The maximum Gasteiger partial charge on any atom is 0.143 e. The summed E-state index contributed by atoms with van der Waals surface area (Å²) in [6.45, 7) is 4.81. The van der Waals surface area contributed by atoms with Crippen LogP contribution in [0.3, 0.4) is 0 Å². The van der Waals surface area contributed by atoms with Crippen molar-refractivity contribution in [1.29, 1.82) is 0 Å². The lowest BCUT2D eigenvalue weighted by atomic mass is 10.1. The smallest absolute Gasteiger partial charge is 0.143 e. The Labute approximate surface area is 56.8 Å². The zero-order valence-electron chi connectivity index (χ0n) is 6.26. The summed E-state index contributed by atoms with van der Waals surface area (Å²) < 4.78 is 4.80. The van der Waals surface area contributed by atoms with Crippen molar-refractivity contribution in [3.8, 4) is 0 Å². The van der Waals surface area contributed by atoms with Gasteiger partial charge in [0, 0.05) is 0 Å². The molecule has 0 aliphatic rings. The first-order chi connectivity index (χ1) is 4.31. The van der Waals surface area contributed by atoms with Crippen molar-refractivity contribution in [1.82, 2.24) is 0 Å². The van der Waals surface area contributed by atoms with E-state index in [9.17, 15) is 0 Å². The Morgan fingerprint density at radius 3 is 2.67 bits per heavy atom. The van der Waals surface area contributed by atoms with E-state index in [1.54, 1.807) is 0 Å². The second kappa shape index (κ2) is 6.05. The molecule has 56 valence electrons. The minimum atomic E-state index is -0.145. The van der Waals surface area contributed by atoms with Crippen LogP contribution in [0.4, 0.5) is 0 Å². The monoisotopic (exact) mass is 132 g/mol. The molecule has 9 heavy (non-hydrogen) atoms. The molecule has 0 bridgehead atoms. The first kappa shape index (κ1) is 8.92. The van der Waals surface area contributed by atoms with Crippen molar-refractivity contribution >= 4 is 0 Å². The van der Waals surface area contributed by atoms with Gasteiger partial charge in [0.2, 0.25) is 0 Å². The molecule has 0 rings (SSSR count). The Bertz CT molecular complexity index is 54.9. The van der Waals surface area contributed by atoms with Gasteiger partial charge in [-0.05, 0) is 12.3 Å². The first-order valence-electron chi connectivity index (χ1n) is 3.49. The number of rotatable bonds is 5. The topological polar surface area (TPSA) is 29.5 Å². The quantitative estimate of drug-likeness (QED) is 0.573. The van der Waals surface area contributed by atoms with E-state index in [1.165, 1.54) is 12.8 Å². The highest BCUT2D eigenvalue weighted by atomic mass is 16.6. The fraction of sp³-hybridized carbons (Fsp3) is 1.00. The molecule has 0 saturated heterocycles. The molecule has 0 fully saturated rings. The zero-order chi connectivity index (χ0) is 7.11. The van der Waals surface area contributed by atoms with Crippen LogP contribution in [0.2, 0.25) is 0 Å². The van der Waals surface area contributed by atoms with E-state index in [0.29, 0.717) is 12.5 Å². The summed E-state index contributed by atoms with van der Waals surface area (Å²) >= 11 is 0. The molecule has 0 aliphatic carbocycles. The van der Waals surface area contributed by atoms with Crippen molar-refractivity contribution in [3.05, 3.63) is 0 Å². The van der Waals surface area contributed by atoms with Crippen LogP contribution in [0.5, 0.6) is 0 Å². The Hall–Kier alpha value is -0.0800. The SMILES string of the molecule is CCC[C@H](C)COCO. The normalized spacial score (nSPS) is 13.7. The van der Waals surface area contributed by atoms with Gasteiger partial charge in [-0.3, -0.25) is 0 Å². The fourth-order valence-corrected chi connectivity index (χ4v) is 0.830. The van der Waals surface area contributed by atoms with Gasteiger partial charge in [-0.25, -0.2) is 0 Å². The zero-order valence-corrected chi connectivity index (χ0v) is 6.26. The Morgan fingerprint density at radius 2 is 2.22 bits per heavy atom. The average Bonchev–Trinajstić information content (AvgIpc) is 1.85. The third-order valence-corrected chi connectivity index (χ3v) is 1.28. The second-order valence-corrected chi connectivity index (χ2v) is 2.39. The first-order valence-corrected chi connectivity index (χ1v) is 3.49. The van der Waals surface area contributed by atoms with Crippen molar-refractivity contribution in [2.45, 2.75) is 26.7 Å². The van der Waals surface area contributed by atoms with Crippen molar-refractivity contribution < 1.29 is 9.84 Å². The number of aliphatic hydroxyl groups is 1. The van der Waals surface area contributed by atoms with Gasteiger partial charge in [-0.1, -0.05) is 20.3 Å². The molecule has 0 aliphatic heterocycles. The van der Waals surface area contributed by atoms with Gasteiger partial charge in [0.1, 0.15) is 6.79 Å². The van der Waals surface area contributed by atoms with E-state index in [2.05, 4.69) is 13.8 Å². The summed E-state index contributed by atoms with van der Waals surface area (Å²) in [7, 11) is 0. The van der Waals surface area contributed by atoms with E-state index in [-0.39, 0.29) is 6.79 Å². The van der Waals surface area contributed by atoms with E-state index in [0.717, 1.165) is 0 Å². The number of ether oxygens (including phenoxy) is 1. The molecule has 0 aromatic carbocycles. The molecule has 0 unspecified atom stereocenters. The molecular weight excluding hydrogens is 116 g/mol. The third-order valence-electron chi connectivity index (χ3n) is 1.28. The molecule has 0 radical (unpaired) electrons. The molecular formula is C7H16O2. The maximum absolute atomic E-state index is 8.26. The molecule has 0 heterocycles. The van der Waals surface area contributed by atoms with E-state index in [1.807, 2.05) is 0 Å². The summed E-state index contributed by atoms with van der Waals surface area (Å²) in [4.78, 5) is 0. The third kappa shape index (κ3) is 5.80. The second-order valence-electron chi connectivity index (χ2n) is 2.39. The largest absolute Gasteiger partial charge is 0.371 e. The summed E-state index contributed by atoms with van der Waals surface area (Å²) in [5.74, 6) is 0.585. The maximum atomic E-state index is 8.26. The predicted octanol–water partition coefficient (Wildman–Crippen LogP) is 1.39. The summed E-state index contributed by atoms with van der Waals surface area (Å²) in [5.41, 5.74) is 0. The van der Waals surface area contributed by atoms with Crippen molar-refractivity contribution in [2.24, 2.45) is 5.92 Å². The molecule has 0 amide bonds. The lowest BCUT2D eigenvalue weighted by molar-refractivity contribution is -0.0162. The molecule has 2 nitrogen and oxygen atoms in total. The molecule has 0 aromatic heterocycles. The highest BCUT2D eigenvalue weighted by Crippen LogP contribution is 2.03. The van der Waals surface area contributed by atoms with Crippen LogP contribution < -0.4 is 0 Å². The van der Waals surface area contributed by atoms with E-state index < -0.39 is 0 Å². The Balaban J connectivity index is 2.95. The number of aliphatic hydroxyl groups excluding tert-OH is 1. The molecule has 0 aromatic rings. The van der Waals surface area contributed by atoms with E-state index in [4.69, 9.17) is 9.84 Å². The Kier molecular flexibility index (Phi) is 5.99. The van der Waals surface area contributed by atoms with Gasteiger partial charge in [-0.2, -0.15) is 0 Å². The van der Waals surface area contributed by atoms with Crippen LogP contribution in [0.15, 0.2) is 0 Å². The van der Waals surface area contributed by atoms with Crippen LogP contribution in [-0.4, -0.2) is 18.5 Å². The predicted molar refractivity (Wildman–Crippen MR) is 37.1 cm³/mol. The molecule has 2 heteroatoms. The summed E-state index contributed by atoms with van der Waals surface area (Å²) in [6.07, 6.45) is 2.37. The van der Waals surface area contributed by atoms with Crippen LogP contribution in [0, 0.1) is 5.92 Å². The van der Waals surface area contributed by atoms with Crippen LogP contribution in [0.1, 0.15) is 26.7 Å². The molecule has 0 saturated carbocycles. The lowest BCUT2D eigenvalue weighted by Crippen LogP contribution is -2.05. The van der Waals surface area contributed by atoms with Crippen LogP contribution in [0.25, 0.3) is 0 Å². The summed E-state index contributed by atoms with van der Waals surface area (Å²) in [5, 5.41) is 8.26. The lowest BCUT2D eigenvalue weighted by Gasteiger charge is -2.07. The van der Waals surface area contributed by atoms with Crippen molar-refractivity contribution in [2.75, 3.05) is 13.4 Å².